The molecular formula is C13H19NO4. The summed E-state index contributed by atoms with van der Waals surface area (Å²) >= 11 is 0. The molecule has 0 spiro atoms. The largest absolute Gasteiger partial charge is 0.488 e. The number of anilines is 1. The predicted molar refractivity (Wildman–Crippen MR) is 69.0 cm³/mol. The van der Waals surface area contributed by atoms with Gasteiger partial charge in [-0.15, -0.1) is 0 Å². The Bertz CT molecular complexity index is 404. The number of nitrogen functional groups attached to an aromatic ring is 1. The minimum atomic E-state index is -1.06. The van der Waals surface area contributed by atoms with E-state index in [0.29, 0.717) is 24.8 Å². The molecular weight excluding hydrogens is 234 g/mol. The standard InChI is InChI=1S/C13H19NO4/c1-9(2)8-17-6-7-18-12-10(13(15)16)4-3-5-11(12)14/h3-5,9H,6-8,14H2,1-2H3,(H,15,16). The third kappa shape index (κ3) is 4.25. The van der Waals surface area contributed by atoms with Crippen LogP contribution < -0.4 is 10.5 Å². The van der Waals surface area contributed by atoms with Crippen molar-refractivity contribution in [1.29, 1.82) is 0 Å². The summed E-state index contributed by atoms with van der Waals surface area (Å²) in [4.78, 5) is 11.0. The smallest absolute Gasteiger partial charge is 0.339 e. The SMILES string of the molecule is CC(C)COCCOc1c(N)cccc1C(=O)O. The molecule has 0 heterocycles. The molecule has 5 nitrogen and oxygen atoms in total. The molecule has 0 saturated heterocycles. The number of hydrogen-bond donors (Lipinski definition) is 2. The van der Waals surface area contributed by atoms with E-state index in [1.807, 2.05) is 0 Å². The van der Waals surface area contributed by atoms with E-state index in [4.69, 9.17) is 20.3 Å². The topological polar surface area (TPSA) is 81.8 Å². The van der Waals surface area contributed by atoms with Gasteiger partial charge in [-0.05, 0) is 18.1 Å². The molecule has 0 aliphatic heterocycles. The van der Waals surface area contributed by atoms with Crippen molar-refractivity contribution in [3.8, 4) is 5.75 Å². The zero-order valence-electron chi connectivity index (χ0n) is 10.7. The number of carboxylic acids is 1. The summed E-state index contributed by atoms with van der Waals surface area (Å²) in [5.74, 6) is -0.389. The molecule has 0 atom stereocenters. The fourth-order valence-electron chi connectivity index (χ4n) is 1.41. The second-order valence-electron chi connectivity index (χ2n) is 4.35. The Morgan fingerprint density at radius 3 is 2.72 bits per heavy atom. The van der Waals surface area contributed by atoms with Crippen LogP contribution in [0.5, 0.6) is 5.75 Å². The van der Waals surface area contributed by atoms with Crippen LogP contribution in [0.15, 0.2) is 18.2 Å². The minimum absolute atomic E-state index is 0.0684. The molecule has 0 aliphatic rings. The first kappa shape index (κ1) is 14.3. The third-order valence-corrected chi connectivity index (χ3v) is 2.20. The molecule has 0 aliphatic carbocycles. The number of carboxylic acid groups (broad SMARTS) is 1. The van der Waals surface area contributed by atoms with Crippen molar-refractivity contribution in [2.24, 2.45) is 5.92 Å². The van der Waals surface area contributed by atoms with E-state index in [2.05, 4.69) is 13.8 Å². The molecule has 0 aromatic heterocycles. The Kier molecular flexibility index (Phi) is 5.45. The summed E-state index contributed by atoms with van der Waals surface area (Å²) in [6.07, 6.45) is 0. The summed E-state index contributed by atoms with van der Waals surface area (Å²) in [7, 11) is 0. The van der Waals surface area contributed by atoms with Crippen molar-refractivity contribution in [2.75, 3.05) is 25.6 Å². The highest BCUT2D eigenvalue weighted by molar-refractivity contribution is 5.93. The highest BCUT2D eigenvalue weighted by Crippen LogP contribution is 2.26. The Labute approximate surface area is 107 Å². The maximum Gasteiger partial charge on any atom is 0.339 e. The molecule has 0 radical (unpaired) electrons. The zero-order chi connectivity index (χ0) is 13.5. The number of carbonyl (C=O) groups is 1. The average molecular weight is 253 g/mol. The Balaban J connectivity index is 2.53. The average Bonchev–Trinajstić information content (AvgIpc) is 2.29. The molecule has 0 saturated carbocycles. The molecule has 1 aromatic carbocycles. The van der Waals surface area contributed by atoms with Crippen LogP contribution in [0.25, 0.3) is 0 Å². The second kappa shape index (κ2) is 6.86. The van der Waals surface area contributed by atoms with Gasteiger partial charge in [0.15, 0.2) is 5.75 Å². The summed E-state index contributed by atoms with van der Waals surface area (Å²) in [6.45, 7) is 5.45. The van der Waals surface area contributed by atoms with Gasteiger partial charge >= 0.3 is 5.97 Å². The summed E-state index contributed by atoms with van der Waals surface area (Å²) in [6, 6.07) is 4.65. The Morgan fingerprint density at radius 1 is 1.39 bits per heavy atom. The van der Waals surface area contributed by atoms with Crippen molar-refractivity contribution in [1.82, 2.24) is 0 Å². The Hall–Kier alpha value is -1.75. The highest BCUT2D eigenvalue weighted by Gasteiger charge is 2.13. The number of nitrogens with two attached hydrogens (primary N) is 1. The molecule has 0 unspecified atom stereocenters. The quantitative estimate of drug-likeness (QED) is 0.574. The van der Waals surface area contributed by atoms with Crippen LogP contribution >= 0.6 is 0 Å². The molecule has 3 N–H and O–H groups in total. The molecule has 1 rings (SSSR count). The predicted octanol–water partition coefficient (Wildman–Crippen LogP) is 2.02. The van der Waals surface area contributed by atoms with Gasteiger partial charge in [0.2, 0.25) is 0 Å². The van der Waals surface area contributed by atoms with Gasteiger partial charge in [0.05, 0.1) is 12.3 Å². The van der Waals surface area contributed by atoms with Crippen LogP contribution in [0.1, 0.15) is 24.2 Å². The number of hydrogen-bond acceptors (Lipinski definition) is 4. The normalized spacial score (nSPS) is 10.6. The fourth-order valence-corrected chi connectivity index (χ4v) is 1.41. The molecule has 100 valence electrons. The van der Waals surface area contributed by atoms with E-state index in [9.17, 15) is 4.79 Å². The summed E-state index contributed by atoms with van der Waals surface area (Å²) < 4.78 is 10.7. The second-order valence-corrected chi connectivity index (χ2v) is 4.35. The number of ether oxygens (including phenoxy) is 2. The number of aromatic carboxylic acids is 1. The van der Waals surface area contributed by atoms with Gasteiger partial charge in [-0.2, -0.15) is 0 Å². The van der Waals surface area contributed by atoms with E-state index in [-0.39, 0.29) is 17.9 Å². The molecule has 0 bridgehead atoms. The van der Waals surface area contributed by atoms with E-state index >= 15 is 0 Å². The van der Waals surface area contributed by atoms with Crippen molar-refractivity contribution >= 4 is 11.7 Å². The lowest BCUT2D eigenvalue weighted by Crippen LogP contribution is -2.13. The zero-order valence-corrected chi connectivity index (χ0v) is 10.7. The van der Waals surface area contributed by atoms with Gasteiger partial charge in [-0.3, -0.25) is 0 Å². The lowest BCUT2D eigenvalue weighted by atomic mass is 10.2. The summed E-state index contributed by atoms with van der Waals surface area (Å²) in [5, 5.41) is 9.00. The van der Waals surface area contributed by atoms with Gasteiger partial charge in [0.1, 0.15) is 12.2 Å². The van der Waals surface area contributed by atoms with E-state index < -0.39 is 5.97 Å². The maximum absolute atomic E-state index is 11.0. The first-order valence-electron chi connectivity index (χ1n) is 5.84. The number of rotatable bonds is 7. The van der Waals surface area contributed by atoms with Crippen molar-refractivity contribution in [3.63, 3.8) is 0 Å². The molecule has 18 heavy (non-hydrogen) atoms. The number of para-hydroxylation sites is 1. The molecule has 0 amide bonds. The van der Waals surface area contributed by atoms with Crippen LogP contribution in [0.4, 0.5) is 5.69 Å². The van der Waals surface area contributed by atoms with Crippen LogP contribution in [-0.4, -0.2) is 30.9 Å². The monoisotopic (exact) mass is 253 g/mol. The van der Waals surface area contributed by atoms with Gasteiger partial charge in [0, 0.05) is 6.61 Å². The van der Waals surface area contributed by atoms with E-state index in [1.54, 1.807) is 12.1 Å². The van der Waals surface area contributed by atoms with Gasteiger partial charge < -0.3 is 20.3 Å². The van der Waals surface area contributed by atoms with Gasteiger partial charge in [-0.25, -0.2) is 4.79 Å². The fraction of sp³-hybridized carbons (Fsp3) is 0.462. The van der Waals surface area contributed by atoms with Gasteiger partial charge in [0.25, 0.3) is 0 Å². The highest BCUT2D eigenvalue weighted by atomic mass is 16.5. The first-order valence-corrected chi connectivity index (χ1v) is 5.84. The van der Waals surface area contributed by atoms with E-state index in [0.717, 1.165) is 0 Å². The molecule has 0 fully saturated rings. The van der Waals surface area contributed by atoms with Crippen molar-refractivity contribution < 1.29 is 19.4 Å². The number of benzene rings is 1. The first-order chi connectivity index (χ1) is 8.52. The van der Waals surface area contributed by atoms with Crippen molar-refractivity contribution in [2.45, 2.75) is 13.8 Å². The molecule has 5 heteroatoms. The summed E-state index contributed by atoms with van der Waals surface area (Å²) in [5.41, 5.74) is 6.08. The molecule has 1 aromatic rings. The van der Waals surface area contributed by atoms with Crippen molar-refractivity contribution in [3.05, 3.63) is 23.8 Å². The maximum atomic E-state index is 11.0. The lowest BCUT2D eigenvalue weighted by Gasteiger charge is -2.12. The lowest BCUT2D eigenvalue weighted by molar-refractivity contribution is 0.0678. The van der Waals surface area contributed by atoms with E-state index in [1.165, 1.54) is 6.07 Å². The van der Waals surface area contributed by atoms with Crippen LogP contribution in [-0.2, 0) is 4.74 Å². The van der Waals surface area contributed by atoms with Crippen LogP contribution in [0.3, 0.4) is 0 Å². The minimum Gasteiger partial charge on any atom is -0.488 e. The Morgan fingerprint density at radius 2 is 2.11 bits per heavy atom. The third-order valence-electron chi connectivity index (χ3n) is 2.20. The van der Waals surface area contributed by atoms with Crippen LogP contribution in [0.2, 0.25) is 0 Å². The van der Waals surface area contributed by atoms with Crippen LogP contribution in [0, 0.1) is 5.92 Å². The van der Waals surface area contributed by atoms with Gasteiger partial charge in [-0.1, -0.05) is 19.9 Å².